The summed E-state index contributed by atoms with van der Waals surface area (Å²) in [4.78, 5) is 12.1. The molecule has 0 aromatic heterocycles. The highest BCUT2D eigenvalue weighted by atomic mass is 19.4. The van der Waals surface area contributed by atoms with E-state index < -0.39 is 18.7 Å². The normalized spacial score (nSPS) is 18.5. The van der Waals surface area contributed by atoms with E-state index in [2.05, 4.69) is 15.4 Å². The molecular weight excluding hydrogens is 313 g/mol. The van der Waals surface area contributed by atoms with E-state index in [1.807, 2.05) is 0 Å². The van der Waals surface area contributed by atoms with Gasteiger partial charge in [0.1, 0.15) is 11.5 Å². The van der Waals surface area contributed by atoms with E-state index in [0.717, 1.165) is 37.9 Å². The van der Waals surface area contributed by atoms with Crippen LogP contribution in [0.5, 0.6) is 11.5 Å². The van der Waals surface area contributed by atoms with Crippen LogP contribution in [0.2, 0.25) is 0 Å². The van der Waals surface area contributed by atoms with Crippen LogP contribution >= 0.6 is 0 Å². The van der Waals surface area contributed by atoms with E-state index in [-0.39, 0.29) is 23.1 Å². The van der Waals surface area contributed by atoms with Crippen molar-refractivity contribution in [2.75, 3.05) is 19.7 Å². The molecule has 0 spiro atoms. The van der Waals surface area contributed by atoms with Crippen molar-refractivity contribution < 1.29 is 27.8 Å². The summed E-state index contributed by atoms with van der Waals surface area (Å²) >= 11 is 0. The fourth-order valence-corrected chi connectivity index (χ4v) is 2.36. The Hall–Kier alpha value is -1.96. The quantitative estimate of drug-likeness (QED) is 0.773. The zero-order valence-electron chi connectivity index (χ0n) is 12.4. The summed E-state index contributed by atoms with van der Waals surface area (Å²) in [5, 5.41) is 15.6. The first-order valence-electron chi connectivity index (χ1n) is 7.39. The standard InChI is InChI=1S/C15H19F3N2O3/c16-15(17,18)9-23-11-4-5-13(21)12(7-11)14(22)20-8-10-3-1-2-6-19-10/h4-5,7,10,19,21H,1-3,6,8-9H2,(H,20,22). The van der Waals surface area contributed by atoms with Gasteiger partial charge in [0.05, 0.1) is 5.56 Å². The molecule has 0 radical (unpaired) electrons. The molecule has 1 heterocycles. The van der Waals surface area contributed by atoms with Crippen LogP contribution in [0.15, 0.2) is 18.2 Å². The lowest BCUT2D eigenvalue weighted by molar-refractivity contribution is -0.153. The highest BCUT2D eigenvalue weighted by Gasteiger charge is 2.28. The smallest absolute Gasteiger partial charge is 0.422 e. The molecule has 1 unspecified atom stereocenters. The van der Waals surface area contributed by atoms with Gasteiger partial charge < -0.3 is 20.5 Å². The second kappa shape index (κ2) is 7.54. The van der Waals surface area contributed by atoms with Gasteiger partial charge in [-0.15, -0.1) is 0 Å². The molecule has 1 aliphatic rings. The first kappa shape index (κ1) is 17.4. The number of ether oxygens (including phenoxy) is 1. The Balaban J connectivity index is 1.95. The Kier molecular flexibility index (Phi) is 5.70. The summed E-state index contributed by atoms with van der Waals surface area (Å²) in [6, 6.07) is 3.59. The Morgan fingerprint density at radius 2 is 2.17 bits per heavy atom. The molecule has 1 atom stereocenters. The van der Waals surface area contributed by atoms with Crippen LogP contribution in [-0.4, -0.2) is 42.9 Å². The second-order valence-corrected chi connectivity index (χ2v) is 5.44. The van der Waals surface area contributed by atoms with Crippen LogP contribution in [0.3, 0.4) is 0 Å². The molecule has 1 fully saturated rings. The fraction of sp³-hybridized carbons (Fsp3) is 0.533. The van der Waals surface area contributed by atoms with Crippen molar-refractivity contribution in [1.82, 2.24) is 10.6 Å². The summed E-state index contributed by atoms with van der Waals surface area (Å²) in [7, 11) is 0. The van der Waals surface area contributed by atoms with Gasteiger partial charge in [0.25, 0.3) is 5.91 Å². The van der Waals surface area contributed by atoms with Crippen molar-refractivity contribution in [3.63, 3.8) is 0 Å². The van der Waals surface area contributed by atoms with Gasteiger partial charge in [-0.25, -0.2) is 0 Å². The molecule has 23 heavy (non-hydrogen) atoms. The number of halogens is 3. The van der Waals surface area contributed by atoms with E-state index in [1.165, 1.54) is 6.07 Å². The van der Waals surface area contributed by atoms with Crippen molar-refractivity contribution in [2.24, 2.45) is 0 Å². The third-order valence-corrected chi connectivity index (χ3v) is 3.54. The predicted molar refractivity (Wildman–Crippen MR) is 77.6 cm³/mol. The number of rotatable bonds is 5. The number of carbonyl (C=O) groups is 1. The molecule has 3 N–H and O–H groups in total. The minimum absolute atomic E-state index is 0.111. The number of amides is 1. The first-order chi connectivity index (χ1) is 10.8. The number of benzene rings is 1. The average Bonchev–Trinajstić information content (AvgIpc) is 2.52. The molecule has 1 aliphatic heterocycles. The minimum Gasteiger partial charge on any atom is -0.507 e. The molecule has 0 aliphatic carbocycles. The number of phenols is 1. The van der Waals surface area contributed by atoms with E-state index in [0.29, 0.717) is 6.54 Å². The molecule has 1 aromatic rings. The van der Waals surface area contributed by atoms with E-state index in [9.17, 15) is 23.1 Å². The number of phenolic OH excluding ortho intramolecular Hbond substituents is 1. The van der Waals surface area contributed by atoms with E-state index in [1.54, 1.807) is 0 Å². The fourth-order valence-electron chi connectivity index (χ4n) is 2.36. The number of piperidine rings is 1. The number of alkyl halides is 3. The van der Waals surface area contributed by atoms with Gasteiger partial charge in [-0.05, 0) is 37.6 Å². The largest absolute Gasteiger partial charge is 0.507 e. The zero-order valence-corrected chi connectivity index (χ0v) is 12.4. The van der Waals surface area contributed by atoms with Crippen molar-refractivity contribution in [2.45, 2.75) is 31.5 Å². The third kappa shape index (κ3) is 5.63. The van der Waals surface area contributed by atoms with Gasteiger partial charge >= 0.3 is 6.18 Å². The van der Waals surface area contributed by atoms with Crippen LogP contribution in [0, 0.1) is 0 Å². The Labute approximate surface area is 131 Å². The lowest BCUT2D eigenvalue weighted by Crippen LogP contribution is -2.43. The molecular formula is C15H19F3N2O3. The molecule has 0 saturated carbocycles. The SMILES string of the molecule is O=C(NCC1CCCCN1)c1cc(OCC(F)(F)F)ccc1O. The topological polar surface area (TPSA) is 70.6 Å². The van der Waals surface area contributed by atoms with Crippen LogP contribution in [0.1, 0.15) is 29.6 Å². The van der Waals surface area contributed by atoms with Crippen molar-refractivity contribution in [3.8, 4) is 11.5 Å². The van der Waals surface area contributed by atoms with Crippen molar-refractivity contribution >= 4 is 5.91 Å². The van der Waals surface area contributed by atoms with Crippen molar-refractivity contribution in [1.29, 1.82) is 0 Å². The Morgan fingerprint density at radius 1 is 1.39 bits per heavy atom. The molecule has 5 nitrogen and oxygen atoms in total. The Morgan fingerprint density at radius 3 is 2.83 bits per heavy atom. The number of aromatic hydroxyl groups is 1. The van der Waals surface area contributed by atoms with Crippen molar-refractivity contribution in [3.05, 3.63) is 23.8 Å². The molecule has 1 saturated heterocycles. The van der Waals surface area contributed by atoms with Gasteiger partial charge in [0, 0.05) is 12.6 Å². The maximum absolute atomic E-state index is 12.1. The van der Waals surface area contributed by atoms with Gasteiger partial charge in [-0.2, -0.15) is 13.2 Å². The number of hydrogen-bond donors (Lipinski definition) is 3. The minimum atomic E-state index is -4.47. The monoisotopic (exact) mass is 332 g/mol. The predicted octanol–water partition coefficient (Wildman–Crippen LogP) is 2.21. The van der Waals surface area contributed by atoms with Crippen LogP contribution in [0.25, 0.3) is 0 Å². The molecule has 128 valence electrons. The maximum Gasteiger partial charge on any atom is 0.422 e. The highest BCUT2D eigenvalue weighted by Crippen LogP contribution is 2.25. The van der Waals surface area contributed by atoms with Gasteiger partial charge in [-0.1, -0.05) is 6.42 Å². The summed E-state index contributed by atoms with van der Waals surface area (Å²) < 4.78 is 41.0. The number of nitrogens with one attached hydrogen (secondary N) is 2. The zero-order chi connectivity index (χ0) is 16.9. The van der Waals surface area contributed by atoms with Crippen LogP contribution in [0.4, 0.5) is 13.2 Å². The van der Waals surface area contributed by atoms with Gasteiger partial charge in [0.15, 0.2) is 6.61 Å². The van der Waals surface area contributed by atoms with E-state index >= 15 is 0 Å². The average molecular weight is 332 g/mol. The maximum atomic E-state index is 12.1. The lowest BCUT2D eigenvalue weighted by Gasteiger charge is -2.23. The number of hydrogen-bond acceptors (Lipinski definition) is 4. The summed E-state index contributed by atoms with van der Waals surface area (Å²) in [6.45, 7) is -0.163. The van der Waals surface area contributed by atoms with Gasteiger partial charge in [-0.3, -0.25) is 4.79 Å². The summed E-state index contributed by atoms with van der Waals surface area (Å²) in [6.07, 6.45) is -1.34. The van der Waals surface area contributed by atoms with Crippen LogP contribution < -0.4 is 15.4 Å². The molecule has 0 bridgehead atoms. The van der Waals surface area contributed by atoms with Crippen LogP contribution in [-0.2, 0) is 0 Å². The Bertz CT molecular complexity index is 543. The summed E-state index contributed by atoms with van der Waals surface area (Å²) in [5.74, 6) is -0.980. The highest BCUT2D eigenvalue weighted by molar-refractivity contribution is 5.97. The lowest BCUT2D eigenvalue weighted by atomic mass is 10.0. The first-order valence-corrected chi connectivity index (χ1v) is 7.39. The molecule has 8 heteroatoms. The summed E-state index contributed by atoms with van der Waals surface area (Å²) in [5.41, 5.74) is -0.111. The van der Waals surface area contributed by atoms with E-state index in [4.69, 9.17) is 0 Å². The second-order valence-electron chi connectivity index (χ2n) is 5.44. The molecule has 1 amide bonds. The third-order valence-electron chi connectivity index (χ3n) is 3.54. The van der Waals surface area contributed by atoms with Gasteiger partial charge in [0.2, 0.25) is 0 Å². The molecule has 1 aromatic carbocycles. The molecule has 2 rings (SSSR count). The number of carbonyl (C=O) groups excluding carboxylic acids is 1.